The number of nitrogens with zero attached hydrogens (tertiary/aromatic N) is 2. The van der Waals surface area contributed by atoms with E-state index in [0.29, 0.717) is 18.3 Å². The van der Waals surface area contributed by atoms with E-state index < -0.39 is 0 Å². The van der Waals surface area contributed by atoms with E-state index in [1.54, 1.807) is 23.5 Å². The number of carbonyl (C=O) groups excluding carboxylic acids is 1. The van der Waals surface area contributed by atoms with Gasteiger partial charge in [0.15, 0.2) is 0 Å². The first-order chi connectivity index (χ1) is 12.7. The zero-order chi connectivity index (χ0) is 17.9. The van der Waals surface area contributed by atoms with Crippen LogP contribution in [-0.2, 0) is 4.79 Å². The summed E-state index contributed by atoms with van der Waals surface area (Å²) in [7, 11) is 0. The number of thiophene rings is 1. The van der Waals surface area contributed by atoms with Crippen molar-refractivity contribution in [3.63, 3.8) is 0 Å². The summed E-state index contributed by atoms with van der Waals surface area (Å²) < 4.78 is 20.0. The third kappa shape index (κ3) is 3.94. The van der Waals surface area contributed by atoms with Gasteiger partial charge in [0.25, 0.3) is 5.19 Å². The van der Waals surface area contributed by atoms with E-state index in [4.69, 9.17) is 4.74 Å². The minimum atomic E-state index is -0.268. The molecule has 1 fully saturated rings. The van der Waals surface area contributed by atoms with Gasteiger partial charge in [0.1, 0.15) is 11.9 Å². The highest BCUT2D eigenvalue weighted by atomic mass is 32.1. The summed E-state index contributed by atoms with van der Waals surface area (Å²) in [5.41, 5.74) is 0.748. The SMILES string of the molecule is O=C(/C=C/c1cccs1)N1CCC(Oc2nc3ccc(F)cc3s2)CC1. The second-order valence-corrected chi connectivity index (χ2v) is 8.06. The molecule has 26 heavy (non-hydrogen) atoms. The zero-order valence-corrected chi connectivity index (χ0v) is 15.6. The average Bonchev–Trinajstić information content (AvgIpc) is 3.29. The number of carbonyl (C=O) groups is 1. The number of piperidine rings is 1. The van der Waals surface area contributed by atoms with Crippen LogP contribution in [-0.4, -0.2) is 35.0 Å². The maximum Gasteiger partial charge on any atom is 0.274 e. The van der Waals surface area contributed by atoms with E-state index in [2.05, 4.69) is 4.98 Å². The molecule has 4 rings (SSSR count). The normalized spacial score (nSPS) is 15.8. The first kappa shape index (κ1) is 17.2. The van der Waals surface area contributed by atoms with Crippen molar-refractivity contribution >= 4 is 44.9 Å². The molecule has 1 aliphatic rings. The van der Waals surface area contributed by atoms with Crippen LogP contribution >= 0.6 is 22.7 Å². The van der Waals surface area contributed by atoms with Crippen LogP contribution in [0.5, 0.6) is 5.19 Å². The smallest absolute Gasteiger partial charge is 0.274 e. The van der Waals surface area contributed by atoms with Crippen LogP contribution in [0.2, 0.25) is 0 Å². The van der Waals surface area contributed by atoms with Gasteiger partial charge in [0.05, 0.1) is 10.2 Å². The van der Waals surface area contributed by atoms with E-state index in [9.17, 15) is 9.18 Å². The van der Waals surface area contributed by atoms with Crippen molar-refractivity contribution in [3.8, 4) is 5.19 Å². The molecule has 0 radical (unpaired) electrons. The van der Waals surface area contributed by atoms with Crippen molar-refractivity contribution in [2.75, 3.05) is 13.1 Å². The number of thiazole rings is 1. The number of rotatable bonds is 4. The number of ether oxygens (including phenoxy) is 1. The standard InChI is InChI=1S/C19H17FN2O2S2/c20-13-3-5-16-17(12-13)26-19(21-16)24-14-7-9-22(10-8-14)18(23)6-4-15-2-1-11-25-15/h1-6,11-12,14H,7-10H2/b6-4+. The van der Waals surface area contributed by atoms with Crippen molar-refractivity contribution in [3.05, 3.63) is 52.5 Å². The topological polar surface area (TPSA) is 42.4 Å². The van der Waals surface area contributed by atoms with Crippen LogP contribution in [0.1, 0.15) is 17.7 Å². The molecule has 0 atom stereocenters. The predicted octanol–water partition coefficient (Wildman–Crippen LogP) is 4.58. The minimum absolute atomic E-state index is 0.0331. The lowest BCUT2D eigenvalue weighted by Crippen LogP contribution is -2.41. The highest BCUT2D eigenvalue weighted by molar-refractivity contribution is 7.20. The molecule has 0 aliphatic carbocycles. The third-order valence-corrected chi connectivity index (χ3v) is 6.03. The minimum Gasteiger partial charge on any atom is -0.467 e. The number of halogens is 1. The summed E-state index contributed by atoms with van der Waals surface area (Å²) in [5, 5.41) is 2.55. The molecule has 1 aromatic carbocycles. The number of benzene rings is 1. The number of aromatic nitrogens is 1. The summed E-state index contributed by atoms with van der Waals surface area (Å²) in [6, 6.07) is 8.49. The number of amides is 1. The van der Waals surface area contributed by atoms with E-state index >= 15 is 0 Å². The molecule has 0 N–H and O–H groups in total. The predicted molar refractivity (Wildman–Crippen MR) is 103 cm³/mol. The Balaban J connectivity index is 1.32. The lowest BCUT2D eigenvalue weighted by Gasteiger charge is -2.30. The van der Waals surface area contributed by atoms with Gasteiger partial charge in [-0.2, -0.15) is 0 Å². The average molecular weight is 388 g/mol. The lowest BCUT2D eigenvalue weighted by molar-refractivity contribution is -0.127. The fraction of sp³-hybridized carbons (Fsp3) is 0.263. The van der Waals surface area contributed by atoms with Gasteiger partial charge in [0, 0.05) is 36.9 Å². The molecule has 3 aromatic rings. The first-order valence-electron chi connectivity index (χ1n) is 8.40. The molecule has 1 saturated heterocycles. The molecule has 0 unspecified atom stereocenters. The summed E-state index contributed by atoms with van der Waals surface area (Å²) >= 11 is 2.96. The van der Waals surface area contributed by atoms with Crippen LogP contribution in [0.3, 0.4) is 0 Å². The second kappa shape index (κ2) is 7.55. The van der Waals surface area contributed by atoms with Crippen molar-refractivity contribution in [1.82, 2.24) is 9.88 Å². The third-order valence-electron chi connectivity index (χ3n) is 4.29. The summed E-state index contributed by atoms with van der Waals surface area (Å²) in [5.74, 6) is -0.234. The van der Waals surface area contributed by atoms with Gasteiger partial charge in [-0.25, -0.2) is 9.37 Å². The van der Waals surface area contributed by atoms with Crippen molar-refractivity contribution in [1.29, 1.82) is 0 Å². The molecule has 1 aliphatic heterocycles. The van der Waals surface area contributed by atoms with Gasteiger partial charge in [-0.05, 0) is 35.7 Å². The summed E-state index contributed by atoms with van der Waals surface area (Å²) in [4.78, 5) is 19.6. The maximum atomic E-state index is 13.3. The molecule has 3 heterocycles. The van der Waals surface area contributed by atoms with Gasteiger partial charge in [-0.15, -0.1) is 11.3 Å². The summed E-state index contributed by atoms with van der Waals surface area (Å²) in [6.45, 7) is 1.33. The molecule has 0 saturated carbocycles. The molecular formula is C19H17FN2O2S2. The molecule has 7 heteroatoms. The number of likely N-dealkylation sites (tertiary alicyclic amines) is 1. The van der Waals surface area contributed by atoms with Crippen molar-refractivity contribution in [2.45, 2.75) is 18.9 Å². The van der Waals surface area contributed by atoms with E-state index in [0.717, 1.165) is 27.9 Å². The van der Waals surface area contributed by atoms with Crippen LogP contribution in [0.15, 0.2) is 41.8 Å². The monoisotopic (exact) mass is 388 g/mol. The Hall–Kier alpha value is -2.25. The number of fused-ring (bicyclic) bond motifs is 1. The molecule has 0 bridgehead atoms. The second-order valence-electron chi connectivity index (χ2n) is 6.08. The zero-order valence-electron chi connectivity index (χ0n) is 13.9. The quantitative estimate of drug-likeness (QED) is 0.615. The Bertz CT molecular complexity index is 928. The number of hydrogen-bond donors (Lipinski definition) is 0. The van der Waals surface area contributed by atoms with E-state index in [1.165, 1.54) is 23.5 Å². The molecule has 4 nitrogen and oxygen atoms in total. The van der Waals surface area contributed by atoms with Gasteiger partial charge in [-0.3, -0.25) is 4.79 Å². The van der Waals surface area contributed by atoms with Crippen molar-refractivity contribution in [2.24, 2.45) is 0 Å². The summed E-state index contributed by atoms with van der Waals surface area (Å²) in [6.07, 6.45) is 5.06. The number of hydrogen-bond acceptors (Lipinski definition) is 5. The van der Waals surface area contributed by atoms with Gasteiger partial charge in [0.2, 0.25) is 5.91 Å². The molecular weight excluding hydrogens is 371 g/mol. The van der Waals surface area contributed by atoms with Crippen molar-refractivity contribution < 1.29 is 13.9 Å². The van der Waals surface area contributed by atoms with Crippen LogP contribution in [0.25, 0.3) is 16.3 Å². The lowest BCUT2D eigenvalue weighted by atomic mass is 10.1. The van der Waals surface area contributed by atoms with Gasteiger partial charge < -0.3 is 9.64 Å². The molecule has 2 aromatic heterocycles. The Morgan fingerprint density at radius 3 is 2.92 bits per heavy atom. The van der Waals surface area contributed by atoms with Gasteiger partial charge in [-0.1, -0.05) is 17.4 Å². The van der Waals surface area contributed by atoms with Crippen LogP contribution < -0.4 is 4.74 Å². The van der Waals surface area contributed by atoms with Gasteiger partial charge >= 0.3 is 0 Å². The highest BCUT2D eigenvalue weighted by Crippen LogP contribution is 2.30. The Morgan fingerprint density at radius 1 is 1.31 bits per heavy atom. The largest absolute Gasteiger partial charge is 0.467 e. The Morgan fingerprint density at radius 2 is 2.15 bits per heavy atom. The fourth-order valence-corrected chi connectivity index (χ4v) is 4.43. The first-order valence-corrected chi connectivity index (χ1v) is 10.1. The van der Waals surface area contributed by atoms with Crippen LogP contribution in [0.4, 0.5) is 4.39 Å². The maximum absolute atomic E-state index is 13.3. The Labute approximate surface area is 158 Å². The van der Waals surface area contributed by atoms with E-state index in [-0.39, 0.29) is 17.8 Å². The molecule has 0 spiro atoms. The Kier molecular flexibility index (Phi) is 4.99. The molecule has 134 valence electrons. The van der Waals surface area contributed by atoms with Crippen LogP contribution in [0, 0.1) is 5.82 Å². The van der Waals surface area contributed by atoms with E-state index in [1.807, 2.05) is 28.5 Å². The molecule has 1 amide bonds. The highest BCUT2D eigenvalue weighted by Gasteiger charge is 2.23. The fourth-order valence-electron chi connectivity index (χ4n) is 2.91.